The topological polar surface area (TPSA) is 104 Å². The van der Waals surface area contributed by atoms with Crippen LogP contribution in [0.4, 0.5) is 0 Å². The summed E-state index contributed by atoms with van der Waals surface area (Å²) >= 11 is 0. The van der Waals surface area contributed by atoms with Crippen LogP contribution >= 0.6 is 0 Å². The van der Waals surface area contributed by atoms with Gasteiger partial charge in [-0.15, -0.1) is 0 Å². The molecule has 232 valence electrons. The van der Waals surface area contributed by atoms with Crippen LogP contribution in [0.1, 0.15) is 0 Å². The molecule has 0 bridgehead atoms. The third-order valence-electron chi connectivity index (χ3n) is 9.54. The number of fused-ring (bicyclic) bond motifs is 11. The SMILES string of the molecule is c1ccc2c(c1)oc1cncc(-c3nc(-c4ccc5c(ccc6ccc7ncccc7c65)c4)nc(-c4cccc5oc6ccncc6c45)n3)c12. The molecule has 0 N–H and O–H groups in total. The van der Waals surface area contributed by atoms with Gasteiger partial charge in [-0.1, -0.05) is 66.7 Å². The van der Waals surface area contributed by atoms with Crippen molar-refractivity contribution in [3.05, 3.63) is 134 Å². The van der Waals surface area contributed by atoms with Gasteiger partial charge in [0.1, 0.15) is 16.7 Å². The highest BCUT2D eigenvalue weighted by molar-refractivity contribution is 6.20. The maximum absolute atomic E-state index is 6.22. The van der Waals surface area contributed by atoms with E-state index >= 15 is 0 Å². The Labute approximate surface area is 282 Å². The van der Waals surface area contributed by atoms with E-state index in [9.17, 15) is 0 Å². The van der Waals surface area contributed by atoms with Gasteiger partial charge < -0.3 is 8.83 Å². The number of hydrogen-bond acceptors (Lipinski definition) is 8. The monoisotopic (exact) mass is 642 g/mol. The van der Waals surface area contributed by atoms with E-state index in [1.807, 2.05) is 67.0 Å². The van der Waals surface area contributed by atoms with Crippen molar-refractivity contribution >= 4 is 76.3 Å². The first-order valence-electron chi connectivity index (χ1n) is 16.2. The number of aromatic nitrogens is 6. The molecule has 0 radical (unpaired) electrons. The minimum Gasteiger partial charge on any atom is -0.456 e. The third kappa shape index (κ3) is 3.93. The molecule has 0 amide bonds. The van der Waals surface area contributed by atoms with E-state index in [2.05, 4.69) is 63.5 Å². The molecule has 0 unspecified atom stereocenters. The molecule has 0 aliphatic rings. The maximum Gasteiger partial charge on any atom is 0.166 e. The lowest BCUT2D eigenvalue weighted by molar-refractivity contribution is 0.667. The van der Waals surface area contributed by atoms with Gasteiger partial charge in [0.05, 0.1) is 11.7 Å². The molecule has 0 saturated heterocycles. The standard InChI is InChI=1S/C42H22N6O2/c1-2-8-33-28(5-1)38-31(21-44-22-36(38)50-33)42-47-40(46-41(48-42)29-6-3-9-35-39(29)30-20-43-18-16-34(30)49-35)25-12-14-26-24(19-25)11-10-23-13-15-32-27(37(23)26)7-4-17-45-32/h1-22H. The molecular weight excluding hydrogens is 621 g/mol. The van der Waals surface area contributed by atoms with Crippen molar-refractivity contribution in [1.29, 1.82) is 0 Å². The van der Waals surface area contributed by atoms with E-state index in [0.717, 1.165) is 76.7 Å². The van der Waals surface area contributed by atoms with Crippen LogP contribution in [0.5, 0.6) is 0 Å². The number of para-hydroxylation sites is 1. The van der Waals surface area contributed by atoms with Crippen LogP contribution in [0.2, 0.25) is 0 Å². The summed E-state index contributed by atoms with van der Waals surface area (Å²) in [5, 5.41) is 9.34. The summed E-state index contributed by atoms with van der Waals surface area (Å²) in [4.78, 5) is 29.0. The number of rotatable bonds is 3. The Bertz CT molecular complexity index is 3050. The minimum absolute atomic E-state index is 0.494. The van der Waals surface area contributed by atoms with Crippen molar-refractivity contribution in [2.75, 3.05) is 0 Å². The van der Waals surface area contributed by atoms with E-state index in [1.54, 1.807) is 18.6 Å². The summed E-state index contributed by atoms with van der Waals surface area (Å²) in [6, 6.07) is 34.8. The van der Waals surface area contributed by atoms with Gasteiger partial charge in [-0.25, -0.2) is 15.0 Å². The normalized spacial score (nSPS) is 12.0. The number of nitrogens with zero attached hydrogens (tertiary/aromatic N) is 6. The molecule has 8 heteroatoms. The highest BCUT2D eigenvalue weighted by Gasteiger charge is 2.21. The average molecular weight is 643 g/mol. The largest absolute Gasteiger partial charge is 0.456 e. The fourth-order valence-corrected chi connectivity index (χ4v) is 7.31. The third-order valence-corrected chi connectivity index (χ3v) is 9.54. The van der Waals surface area contributed by atoms with Gasteiger partial charge in [0.25, 0.3) is 0 Å². The number of benzene rings is 5. The van der Waals surface area contributed by atoms with Crippen LogP contribution in [0.15, 0.2) is 143 Å². The first kappa shape index (κ1) is 26.9. The fourth-order valence-electron chi connectivity index (χ4n) is 7.31. The van der Waals surface area contributed by atoms with E-state index in [1.165, 1.54) is 10.8 Å². The average Bonchev–Trinajstić information content (AvgIpc) is 3.76. The predicted molar refractivity (Wildman–Crippen MR) is 197 cm³/mol. The van der Waals surface area contributed by atoms with Crippen molar-refractivity contribution in [3.8, 4) is 34.2 Å². The second kappa shape index (κ2) is 10.2. The Morgan fingerprint density at radius 2 is 1.20 bits per heavy atom. The Morgan fingerprint density at radius 3 is 2.18 bits per heavy atom. The molecule has 0 saturated carbocycles. The number of hydrogen-bond donors (Lipinski definition) is 0. The molecule has 0 aliphatic heterocycles. The first-order valence-corrected chi connectivity index (χ1v) is 16.2. The van der Waals surface area contributed by atoms with Crippen molar-refractivity contribution in [3.63, 3.8) is 0 Å². The highest BCUT2D eigenvalue weighted by Crippen LogP contribution is 2.39. The molecule has 0 atom stereocenters. The highest BCUT2D eigenvalue weighted by atomic mass is 16.3. The molecule has 11 aromatic rings. The zero-order chi connectivity index (χ0) is 32.8. The Morgan fingerprint density at radius 1 is 0.420 bits per heavy atom. The number of furan rings is 2. The Hall–Kier alpha value is -7.06. The zero-order valence-electron chi connectivity index (χ0n) is 26.2. The van der Waals surface area contributed by atoms with E-state index in [0.29, 0.717) is 23.1 Å². The zero-order valence-corrected chi connectivity index (χ0v) is 26.2. The lowest BCUT2D eigenvalue weighted by Crippen LogP contribution is -2.01. The van der Waals surface area contributed by atoms with E-state index in [-0.39, 0.29) is 0 Å². The van der Waals surface area contributed by atoms with Gasteiger partial charge in [-0.2, -0.15) is 0 Å². The summed E-state index contributed by atoms with van der Waals surface area (Å²) in [6.45, 7) is 0. The molecule has 11 rings (SSSR count). The summed E-state index contributed by atoms with van der Waals surface area (Å²) in [5.41, 5.74) is 6.34. The van der Waals surface area contributed by atoms with Gasteiger partial charge in [0.2, 0.25) is 0 Å². The quantitative estimate of drug-likeness (QED) is 0.175. The van der Waals surface area contributed by atoms with E-state index < -0.39 is 0 Å². The van der Waals surface area contributed by atoms with E-state index in [4.69, 9.17) is 23.8 Å². The summed E-state index contributed by atoms with van der Waals surface area (Å²) in [6.07, 6.45) is 8.92. The first-order chi connectivity index (χ1) is 24.8. The van der Waals surface area contributed by atoms with Crippen molar-refractivity contribution in [2.45, 2.75) is 0 Å². The lowest BCUT2D eigenvalue weighted by atomic mass is 9.97. The van der Waals surface area contributed by atoms with Gasteiger partial charge in [0, 0.05) is 68.4 Å². The molecular formula is C42H22N6O2. The molecule has 8 nitrogen and oxygen atoms in total. The van der Waals surface area contributed by atoms with Crippen LogP contribution in [-0.4, -0.2) is 29.9 Å². The van der Waals surface area contributed by atoms with Gasteiger partial charge in [0.15, 0.2) is 23.1 Å². The molecule has 50 heavy (non-hydrogen) atoms. The molecule has 0 spiro atoms. The van der Waals surface area contributed by atoms with Crippen LogP contribution in [0.3, 0.4) is 0 Å². The molecule has 0 aliphatic carbocycles. The van der Waals surface area contributed by atoms with Crippen LogP contribution in [0, 0.1) is 0 Å². The molecule has 0 fully saturated rings. The molecule has 5 aromatic carbocycles. The molecule has 6 aromatic heterocycles. The second-order valence-corrected chi connectivity index (χ2v) is 12.4. The smallest absolute Gasteiger partial charge is 0.166 e. The van der Waals surface area contributed by atoms with Crippen LogP contribution in [0.25, 0.3) is 110 Å². The predicted octanol–water partition coefficient (Wildman–Crippen LogP) is 10.3. The van der Waals surface area contributed by atoms with Gasteiger partial charge in [-0.05, 0) is 57.9 Å². The Balaban J connectivity index is 1.19. The lowest BCUT2D eigenvalue weighted by Gasteiger charge is -2.11. The van der Waals surface area contributed by atoms with Gasteiger partial charge in [-0.3, -0.25) is 15.0 Å². The number of pyridine rings is 3. The maximum atomic E-state index is 6.22. The van der Waals surface area contributed by atoms with Crippen molar-refractivity contribution < 1.29 is 8.83 Å². The summed E-state index contributed by atoms with van der Waals surface area (Å²) in [7, 11) is 0. The van der Waals surface area contributed by atoms with Gasteiger partial charge >= 0.3 is 0 Å². The Kier molecular flexibility index (Phi) is 5.51. The van der Waals surface area contributed by atoms with Crippen molar-refractivity contribution in [2.24, 2.45) is 0 Å². The van der Waals surface area contributed by atoms with Crippen LogP contribution in [-0.2, 0) is 0 Å². The van der Waals surface area contributed by atoms with Crippen LogP contribution < -0.4 is 0 Å². The fraction of sp³-hybridized carbons (Fsp3) is 0. The second-order valence-electron chi connectivity index (χ2n) is 12.4. The molecule has 6 heterocycles. The summed E-state index contributed by atoms with van der Waals surface area (Å²) in [5.74, 6) is 1.55. The van der Waals surface area contributed by atoms with Crippen molar-refractivity contribution in [1.82, 2.24) is 29.9 Å². The summed E-state index contributed by atoms with van der Waals surface area (Å²) < 4.78 is 12.4. The minimum atomic E-state index is 0.494.